The summed E-state index contributed by atoms with van der Waals surface area (Å²) in [5.74, 6) is 2.62. The van der Waals surface area contributed by atoms with Crippen LogP contribution in [-0.4, -0.2) is 0 Å². The van der Waals surface area contributed by atoms with E-state index in [1.165, 1.54) is 5.56 Å². The van der Waals surface area contributed by atoms with Crippen LogP contribution in [0.5, 0.6) is 0 Å². The van der Waals surface area contributed by atoms with E-state index in [-0.39, 0.29) is 0 Å². The molecule has 0 bridgehead atoms. The fourth-order valence-corrected chi connectivity index (χ4v) is 1.88. The first-order valence-corrected chi connectivity index (χ1v) is 6.03. The highest BCUT2D eigenvalue weighted by Crippen LogP contribution is 2.15. The number of anilines is 1. The third-order valence-corrected chi connectivity index (χ3v) is 2.98. The first kappa shape index (κ1) is 12.7. The van der Waals surface area contributed by atoms with Crippen LogP contribution in [0.2, 0.25) is 0 Å². The predicted molar refractivity (Wildman–Crippen MR) is 77.6 cm³/mol. The van der Waals surface area contributed by atoms with Crippen molar-refractivity contribution in [2.75, 3.05) is 5.32 Å². The fourth-order valence-electron chi connectivity index (χ4n) is 1.88. The van der Waals surface area contributed by atoms with Crippen LogP contribution < -0.4 is 5.32 Å². The summed E-state index contributed by atoms with van der Waals surface area (Å²) >= 11 is 0. The van der Waals surface area contributed by atoms with Crippen molar-refractivity contribution in [1.82, 2.24) is 0 Å². The Bertz CT molecular complexity index is 672. The Hall–Kier alpha value is -2.71. The second-order valence-corrected chi connectivity index (χ2v) is 4.33. The second-order valence-electron chi connectivity index (χ2n) is 4.33. The molecule has 0 spiro atoms. The molecule has 2 aromatic rings. The maximum Gasteiger partial charge on any atom is 0.0991 e. The van der Waals surface area contributed by atoms with E-state index in [0.717, 1.165) is 16.8 Å². The lowest BCUT2D eigenvalue weighted by Gasteiger charge is -2.09. The summed E-state index contributed by atoms with van der Waals surface area (Å²) in [5, 5.41) is 12.2. The summed E-state index contributed by atoms with van der Waals surface area (Å²) < 4.78 is 0. The van der Waals surface area contributed by atoms with Crippen LogP contribution in [-0.2, 0) is 6.54 Å². The van der Waals surface area contributed by atoms with Gasteiger partial charge in [0.25, 0.3) is 0 Å². The van der Waals surface area contributed by atoms with Crippen LogP contribution in [0.15, 0.2) is 42.5 Å². The van der Waals surface area contributed by atoms with E-state index in [2.05, 4.69) is 17.3 Å². The van der Waals surface area contributed by atoms with Gasteiger partial charge in [-0.25, -0.2) is 0 Å². The molecule has 0 aliphatic carbocycles. The van der Waals surface area contributed by atoms with Crippen LogP contribution in [0.3, 0.4) is 0 Å². The smallest absolute Gasteiger partial charge is 0.0991 e. The number of nitriles is 1. The lowest BCUT2D eigenvalue weighted by molar-refractivity contribution is 1.12. The molecular formula is C17H14N2. The van der Waals surface area contributed by atoms with E-state index in [1.807, 2.05) is 49.4 Å². The van der Waals surface area contributed by atoms with Crippen molar-refractivity contribution >= 4 is 5.69 Å². The molecule has 2 heteroatoms. The molecule has 0 aliphatic rings. The number of rotatable bonds is 3. The lowest BCUT2D eigenvalue weighted by Crippen LogP contribution is -2.01. The first-order valence-electron chi connectivity index (χ1n) is 6.03. The molecule has 2 nitrogen and oxygen atoms in total. The van der Waals surface area contributed by atoms with Gasteiger partial charge < -0.3 is 5.32 Å². The van der Waals surface area contributed by atoms with Gasteiger partial charge >= 0.3 is 0 Å². The van der Waals surface area contributed by atoms with Crippen LogP contribution in [0.25, 0.3) is 0 Å². The number of hydrogen-bond acceptors (Lipinski definition) is 2. The molecule has 0 aromatic heterocycles. The van der Waals surface area contributed by atoms with Crippen molar-refractivity contribution in [2.45, 2.75) is 13.5 Å². The number of aryl methyl sites for hydroxylation is 1. The van der Waals surface area contributed by atoms with Gasteiger partial charge in [0.1, 0.15) is 0 Å². The standard InChI is InChI=1S/C17H14N2/c1-3-14-5-4-6-17(10-14)19-12-16-8-7-15(11-18)9-13(16)2/h1,4-10,19H,12H2,2H3. The van der Waals surface area contributed by atoms with Crippen molar-refractivity contribution in [3.63, 3.8) is 0 Å². The molecule has 0 amide bonds. The van der Waals surface area contributed by atoms with E-state index in [9.17, 15) is 0 Å². The second kappa shape index (κ2) is 5.76. The number of nitrogens with one attached hydrogen (secondary N) is 1. The van der Waals surface area contributed by atoms with Crippen LogP contribution in [0, 0.1) is 30.6 Å². The van der Waals surface area contributed by atoms with Crippen molar-refractivity contribution in [3.8, 4) is 18.4 Å². The molecule has 0 aliphatic heterocycles. The number of nitrogens with zero attached hydrogens (tertiary/aromatic N) is 1. The summed E-state index contributed by atoms with van der Waals surface area (Å²) in [6, 6.07) is 15.6. The van der Waals surface area contributed by atoms with E-state index in [0.29, 0.717) is 12.1 Å². The molecule has 0 atom stereocenters. The molecule has 0 fully saturated rings. The number of benzene rings is 2. The van der Waals surface area contributed by atoms with E-state index < -0.39 is 0 Å². The normalized spacial score (nSPS) is 9.42. The molecule has 2 rings (SSSR count). The SMILES string of the molecule is C#Cc1cccc(NCc2ccc(C#N)cc2C)c1. The van der Waals surface area contributed by atoms with Gasteiger partial charge in [-0.3, -0.25) is 0 Å². The Balaban J connectivity index is 2.11. The Labute approximate surface area is 113 Å². The third-order valence-electron chi connectivity index (χ3n) is 2.98. The molecule has 2 aromatic carbocycles. The minimum absolute atomic E-state index is 0.690. The molecule has 0 saturated heterocycles. The van der Waals surface area contributed by atoms with Gasteiger partial charge in [0, 0.05) is 17.8 Å². The topological polar surface area (TPSA) is 35.8 Å². The average molecular weight is 246 g/mol. The molecular weight excluding hydrogens is 232 g/mol. The Morgan fingerprint density at radius 2 is 2.00 bits per heavy atom. The Morgan fingerprint density at radius 1 is 1.16 bits per heavy atom. The first-order chi connectivity index (χ1) is 9.22. The van der Waals surface area contributed by atoms with Gasteiger partial charge in [-0.15, -0.1) is 6.42 Å². The minimum atomic E-state index is 0.690. The highest BCUT2D eigenvalue weighted by Gasteiger charge is 2.00. The van der Waals surface area contributed by atoms with Crippen molar-refractivity contribution in [3.05, 3.63) is 64.7 Å². The van der Waals surface area contributed by atoms with Gasteiger partial charge in [-0.05, 0) is 48.4 Å². The Kier molecular flexibility index (Phi) is 3.86. The maximum atomic E-state index is 8.83. The van der Waals surface area contributed by atoms with Gasteiger partial charge in [-0.1, -0.05) is 18.1 Å². The van der Waals surface area contributed by atoms with Gasteiger partial charge in [0.05, 0.1) is 11.6 Å². The monoisotopic (exact) mass is 246 g/mol. The van der Waals surface area contributed by atoms with Crippen LogP contribution >= 0.6 is 0 Å². The van der Waals surface area contributed by atoms with E-state index >= 15 is 0 Å². The van der Waals surface area contributed by atoms with Crippen molar-refractivity contribution in [1.29, 1.82) is 5.26 Å². The zero-order valence-corrected chi connectivity index (χ0v) is 10.8. The minimum Gasteiger partial charge on any atom is -0.381 e. The summed E-state index contributed by atoms with van der Waals surface area (Å²) in [4.78, 5) is 0. The van der Waals surface area contributed by atoms with Gasteiger partial charge in [0.15, 0.2) is 0 Å². The van der Waals surface area contributed by atoms with Gasteiger partial charge in [-0.2, -0.15) is 5.26 Å². The lowest BCUT2D eigenvalue weighted by atomic mass is 10.1. The van der Waals surface area contributed by atoms with Crippen molar-refractivity contribution < 1.29 is 0 Å². The fraction of sp³-hybridized carbons (Fsp3) is 0.118. The molecule has 0 saturated carbocycles. The molecule has 0 unspecified atom stereocenters. The molecule has 0 radical (unpaired) electrons. The molecule has 1 N–H and O–H groups in total. The zero-order valence-electron chi connectivity index (χ0n) is 10.8. The Morgan fingerprint density at radius 3 is 2.68 bits per heavy atom. The van der Waals surface area contributed by atoms with Crippen molar-refractivity contribution in [2.24, 2.45) is 0 Å². The van der Waals surface area contributed by atoms with Gasteiger partial charge in [0.2, 0.25) is 0 Å². The van der Waals surface area contributed by atoms with E-state index in [1.54, 1.807) is 0 Å². The predicted octanol–water partition coefficient (Wildman–Crippen LogP) is 3.46. The van der Waals surface area contributed by atoms with Crippen LogP contribution in [0.1, 0.15) is 22.3 Å². The number of hydrogen-bond donors (Lipinski definition) is 1. The maximum absolute atomic E-state index is 8.83. The summed E-state index contributed by atoms with van der Waals surface area (Å²) in [5.41, 5.74) is 4.83. The van der Waals surface area contributed by atoms with E-state index in [4.69, 9.17) is 11.7 Å². The average Bonchev–Trinajstić information content (AvgIpc) is 2.46. The quantitative estimate of drug-likeness (QED) is 0.842. The zero-order chi connectivity index (χ0) is 13.7. The highest BCUT2D eigenvalue weighted by atomic mass is 14.9. The largest absolute Gasteiger partial charge is 0.381 e. The summed E-state index contributed by atoms with van der Waals surface area (Å²) in [7, 11) is 0. The number of terminal acetylenes is 1. The molecule has 92 valence electrons. The molecule has 19 heavy (non-hydrogen) atoms. The van der Waals surface area contributed by atoms with Crippen LogP contribution in [0.4, 0.5) is 5.69 Å². The highest BCUT2D eigenvalue weighted by molar-refractivity contribution is 5.50. The summed E-state index contributed by atoms with van der Waals surface area (Å²) in [6.45, 7) is 2.72. The molecule has 0 heterocycles. The third kappa shape index (κ3) is 3.15. The summed E-state index contributed by atoms with van der Waals surface area (Å²) in [6.07, 6.45) is 5.37.